The van der Waals surface area contributed by atoms with Crippen molar-refractivity contribution in [2.75, 3.05) is 19.7 Å². The molecule has 0 spiro atoms. The third-order valence-electron chi connectivity index (χ3n) is 2.55. The first-order chi connectivity index (χ1) is 9.17. The van der Waals surface area contributed by atoms with E-state index in [1.54, 1.807) is 0 Å². The summed E-state index contributed by atoms with van der Waals surface area (Å²) in [6.45, 7) is 8.21. The minimum Gasteiger partial charge on any atom is -0.482 e. The normalized spacial score (nSPS) is 10.3. The number of nitrogens with zero attached hydrogens (tertiary/aromatic N) is 1. The number of amides is 1. The molecule has 0 aliphatic rings. The lowest BCUT2D eigenvalue weighted by Gasteiger charge is -2.11. The molecule has 0 fully saturated rings. The van der Waals surface area contributed by atoms with E-state index in [2.05, 4.69) is 15.6 Å². The number of aromatic nitrogens is 1. The molecule has 19 heavy (non-hydrogen) atoms. The quantitative estimate of drug-likeness (QED) is 0.746. The van der Waals surface area contributed by atoms with Crippen molar-refractivity contribution in [2.45, 2.75) is 33.7 Å². The molecule has 0 atom stereocenters. The van der Waals surface area contributed by atoms with Crippen LogP contribution in [0, 0.1) is 6.92 Å². The van der Waals surface area contributed by atoms with E-state index >= 15 is 0 Å². The first-order valence-electron chi connectivity index (χ1n) is 6.74. The van der Waals surface area contributed by atoms with Gasteiger partial charge in [-0.3, -0.25) is 9.78 Å². The van der Waals surface area contributed by atoms with E-state index in [0.29, 0.717) is 18.8 Å². The minimum atomic E-state index is -0.100. The summed E-state index contributed by atoms with van der Waals surface area (Å²) in [6, 6.07) is 3.75. The molecule has 0 aliphatic heterocycles. The van der Waals surface area contributed by atoms with Gasteiger partial charge in [0, 0.05) is 18.8 Å². The lowest BCUT2D eigenvalue weighted by atomic mass is 10.3. The first-order valence-corrected chi connectivity index (χ1v) is 6.74. The molecule has 0 saturated heterocycles. The SMILES string of the molecule is CCCNC(=O)COc1ccc(C)nc1CNCC. The van der Waals surface area contributed by atoms with Crippen molar-refractivity contribution in [3.05, 3.63) is 23.5 Å². The molecule has 0 unspecified atom stereocenters. The van der Waals surface area contributed by atoms with Crippen LogP contribution in [0.25, 0.3) is 0 Å². The number of carbonyl (C=O) groups is 1. The van der Waals surface area contributed by atoms with Crippen molar-refractivity contribution in [2.24, 2.45) is 0 Å². The minimum absolute atomic E-state index is 0.0316. The number of ether oxygens (including phenoxy) is 1. The van der Waals surface area contributed by atoms with Crippen LogP contribution in [0.2, 0.25) is 0 Å². The van der Waals surface area contributed by atoms with Crippen molar-refractivity contribution in [1.82, 2.24) is 15.6 Å². The molecule has 5 heteroatoms. The summed E-state index contributed by atoms with van der Waals surface area (Å²) in [7, 11) is 0. The van der Waals surface area contributed by atoms with Crippen LogP contribution in [0.5, 0.6) is 5.75 Å². The lowest BCUT2D eigenvalue weighted by molar-refractivity contribution is -0.123. The summed E-state index contributed by atoms with van der Waals surface area (Å²) < 4.78 is 5.53. The van der Waals surface area contributed by atoms with E-state index in [1.807, 2.05) is 32.9 Å². The molecule has 5 nitrogen and oxygen atoms in total. The summed E-state index contributed by atoms with van der Waals surface area (Å²) >= 11 is 0. The Balaban J connectivity index is 2.58. The summed E-state index contributed by atoms with van der Waals surface area (Å²) in [5, 5.41) is 5.99. The number of hydrogen-bond donors (Lipinski definition) is 2. The van der Waals surface area contributed by atoms with Gasteiger partial charge in [0.1, 0.15) is 5.75 Å². The lowest BCUT2D eigenvalue weighted by Crippen LogP contribution is -2.29. The number of pyridine rings is 1. The van der Waals surface area contributed by atoms with Crippen molar-refractivity contribution in [3.63, 3.8) is 0 Å². The first kappa shape index (κ1) is 15.4. The number of carbonyl (C=O) groups excluding carboxylic acids is 1. The van der Waals surface area contributed by atoms with Crippen LogP contribution < -0.4 is 15.4 Å². The van der Waals surface area contributed by atoms with Gasteiger partial charge >= 0.3 is 0 Å². The second-order valence-electron chi connectivity index (χ2n) is 4.32. The molecule has 0 saturated carbocycles. The molecule has 1 aromatic heterocycles. The van der Waals surface area contributed by atoms with Gasteiger partial charge in [-0.2, -0.15) is 0 Å². The highest BCUT2D eigenvalue weighted by atomic mass is 16.5. The van der Waals surface area contributed by atoms with Gasteiger partial charge in [-0.05, 0) is 32.0 Å². The zero-order valence-electron chi connectivity index (χ0n) is 12.0. The monoisotopic (exact) mass is 265 g/mol. The van der Waals surface area contributed by atoms with Gasteiger partial charge in [0.05, 0.1) is 5.69 Å². The third kappa shape index (κ3) is 5.70. The van der Waals surface area contributed by atoms with E-state index in [1.165, 1.54) is 0 Å². The van der Waals surface area contributed by atoms with Gasteiger partial charge in [0.2, 0.25) is 0 Å². The number of nitrogens with one attached hydrogen (secondary N) is 2. The maximum Gasteiger partial charge on any atom is 0.257 e. The fourth-order valence-electron chi connectivity index (χ4n) is 1.56. The van der Waals surface area contributed by atoms with Crippen LogP contribution in [0.15, 0.2) is 12.1 Å². The molecule has 0 aromatic carbocycles. The zero-order chi connectivity index (χ0) is 14.1. The van der Waals surface area contributed by atoms with E-state index in [-0.39, 0.29) is 12.5 Å². The molecule has 1 aromatic rings. The molecule has 0 bridgehead atoms. The smallest absolute Gasteiger partial charge is 0.257 e. The summed E-state index contributed by atoms with van der Waals surface area (Å²) in [6.07, 6.45) is 0.920. The Morgan fingerprint density at radius 3 is 2.84 bits per heavy atom. The Morgan fingerprint density at radius 2 is 2.16 bits per heavy atom. The maximum absolute atomic E-state index is 11.5. The number of hydrogen-bond acceptors (Lipinski definition) is 4. The molecule has 0 radical (unpaired) electrons. The molecule has 2 N–H and O–H groups in total. The standard InChI is InChI=1S/C14H23N3O2/c1-4-8-16-14(18)10-19-13-7-6-11(3)17-12(13)9-15-5-2/h6-7,15H,4-5,8-10H2,1-3H3,(H,16,18). The third-order valence-corrected chi connectivity index (χ3v) is 2.55. The van der Waals surface area contributed by atoms with E-state index < -0.39 is 0 Å². The average molecular weight is 265 g/mol. The predicted molar refractivity (Wildman–Crippen MR) is 75.2 cm³/mol. The second-order valence-corrected chi connectivity index (χ2v) is 4.32. The maximum atomic E-state index is 11.5. The fraction of sp³-hybridized carbons (Fsp3) is 0.571. The highest BCUT2D eigenvalue weighted by molar-refractivity contribution is 5.77. The molecule has 0 aliphatic carbocycles. The molecular formula is C14H23N3O2. The second kappa shape index (κ2) is 8.48. The van der Waals surface area contributed by atoms with Crippen molar-refractivity contribution >= 4 is 5.91 Å². The molecule has 1 amide bonds. The van der Waals surface area contributed by atoms with Gasteiger partial charge in [0.25, 0.3) is 5.91 Å². The van der Waals surface area contributed by atoms with Crippen molar-refractivity contribution in [3.8, 4) is 5.75 Å². The Labute approximate surface area is 114 Å². The number of aryl methyl sites for hydroxylation is 1. The molecular weight excluding hydrogens is 242 g/mol. The van der Waals surface area contributed by atoms with E-state index in [4.69, 9.17) is 4.74 Å². The summed E-state index contributed by atoms with van der Waals surface area (Å²) in [4.78, 5) is 15.9. The number of rotatable bonds is 8. The van der Waals surface area contributed by atoms with E-state index in [0.717, 1.165) is 24.4 Å². The van der Waals surface area contributed by atoms with Crippen LogP contribution in [0.3, 0.4) is 0 Å². The highest BCUT2D eigenvalue weighted by Gasteiger charge is 2.08. The largest absolute Gasteiger partial charge is 0.482 e. The summed E-state index contributed by atoms with van der Waals surface area (Å²) in [5.74, 6) is 0.565. The van der Waals surface area contributed by atoms with Crippen LogP contribution in [0.1, 0.15) is 31.7 Å². The fourth-order valence-corrected chi connectivity index (χ4v) is 1.56. The van der Waals surface area contributed by atoms with Crippen LogP contribution in [-0.2, 0) is 11.3 Å². The average Bonchev–Trinajstić information content (AvgIpc) is 2.41. The van der Waals surface area contributed by atoms with Gasteiger partial charge in [-0.15, -0.1) is 0 Å². The van der Waals surface area contributed by atoms with Gasteiger partial charge < -0.3 is 15.4 Å². The van der Waals surface area contributed by atoms with Crippen molar-refractivity contribution < 1.29 is 9.53 Å². The Bertz CT molecular complexity index is 408. The molecule has 1 heterocycles. The van der Waals surface area contributed by atoms with Gasteiger partial charge in [0.15, 0.2) is 6.61 Å². The van der Waals surface area contributed by atoms with Crippen LogP contribution in [0.4, 0.5) is 0 Å². The Morgan fingerprint density at radius 1 is 1.37 bits per heavy atom. The molecule has 106 valence electrons. The zero-order valence-corrected chi connectivity index (χ0v) is 12.0. The van der Waals surface area contributed by atoms with Crippen LogP contribution in [-0.4, -0.2) is 30.6 Å². The predicted octanol–water partition coefficient (Wildman–Crippen LogP) is 1.40. The highest BCUT2D eigenvalue weighted by Crippen LogP contribution is 2.16. The summed E-state index contributed by atoms with van der Waals surface area (Å²) in [5.41, 5.74) is 1.78. The van der Waals surface area contributed by atoms with Crippen LogP contribution >= 0.6 is 0 Å². The topological polar surface area (TPSA) is 63.2 Å². The van der Waals surface area contributed by atoms with Gasteiger partial charge in [-0.25, -0.2) is 0 Å². The van der Waals surface area contributed by atoms with Crippen molar-refractivity contribution in [1.29, 1.82) is 0 Å². The van der Waals surface area contributed by atoms with Gasteiger partial charge in [-0.1, -0.05) is 13.8 Å². The Kier molecular flexibility index (Phi) is 6.89. The Hall–Kier alpha value is -1.62. The van der Waals surface area contributed by atoms with E-state index in [9.17, 15) is 4.79 Å². The molecule has 1 rings (SSSR count).